The number of ketones is 1. The molecule has 0 saturated heterocycles. The van der Waals surface area contributed by atoms with Crippen LogP contribution in [0.15, 0.2) is 43.0 Å². The van der Waals surface area contributed by atoms with Gasteiger partial charge < -0.3 is 20.4 Å². The second kappa shape index (κ2) is 9.93. The molecule has 0 unspecified atom stereocenters. The Labute approximate surface area is 174 Å². The monoisotopic (exact) mass is 417 g/mol. The third-order valence-corrected chi connectivity index (χ3v) is 4.76. The molecule has 29 heavy (non-hydrogen) atoms. The second-order valence-corrected chi connectivity index (χ2v) is 7.02. The molecule has 0 bridgehead atoms. The fourth-order valence-corrected chi connectivity index (χ4v) is 3.19. The third-order valence-electron chi connectivity index (χ3n) is 4.51. The zero-order valence-electron chi connectivity index (χ0n) is 16.4. The smallest absolute Gasteiger partial charge is 0.312 e. The van der Waals surface area contributed by atoms with E-state index < -0.39 is 18.0 Å². The molecule has 1 heterocycles. The van der Waals surface area contributed by atoms with E-state index in [9.17, 15) is 14.4 Å². The predicted molar refractivity (Wildman–Crippen MR) is 111 cm³/mol. The van der Waals surface area contributed by atoms with Crippen LogP contribution in [0.5, 0.6) is 0 Å². The lowest BCUT2D eigenvalue weighted by molar-refractivity contribution is -0.143. The summed E-state index contributed by atoms with van der Waals surface area (Å²) in [5.74, 6) is -0.931. The standard InChI is InChI=1S/C21H24ClN3O4/c1-4-9-25-13(2)10-17(14(25)3)19(26)12-29-20(27)11-18(24-21(23)28)15-5-7-16(22)8-6-15/h4-8,10,18H,1,9,11-12H2,2-3H3,(H3,23,24,28)/t18-/m1/s1. The Hall–Kier alpha value is -3.06. The van der Waals surface area contributed by atoms with Gasteiger partial charge in [0.1, 0.15) is 0 Å². The van der Waals surface area contributed by atoms with Crippen LogP contribution in [-0.4, -0.2) is 29.0 Å². The van der Waals surface area contributed by atoms with Crippen molar-refractivity contribution in [3.05, 3.63) is 70.5 Å². The van der Waals surface area contributed by atoms with Crippen LogP contribution >= 0.6 is 11.6 Å². The molecule has 1 aromatic carbocycles. The summed E-state index contributed by atoms with van der Waals surface area (Å²) in [6, 6.07) is 6.93. The number of hydrogen-bond acceptors (Lipinski definition) is 4. The fraction of sp³-hybridized carbons (Fsp3) is 0.286. The Bertz CT molecular complexity index is 919. The van der Waals surface area contributed by atoms with Gasteiger partial charge >= 0.3 is 12.0 Å². The maximum Gasteiger partial charge on any atom is 0.312 e. The normalized spacial score (nSPS) is 11.6. The van der Waals surface area contributed by atoms with Crippen LogP contribution in [0.4, 0.5) is 4.79 Å². The second-order valence-electron chi connectivity index (χ2n) is 6.58. The summed E-state index contributed by atoms with van der Waals surface area (Å²) in [7, 11) is 0. The van der Waals surface area contributed by atoms with Crippen LogP contribution in [0, 0.1) is 13.8 Å². The van der Waals surface area contributed by atoms with Gasteiger partial charge in [-0.1, -0.05) is 29.8 Å². The van der Waals surface area contributed by atoms with Crippen molar-refractivity contribution >= 4 is 29.4 Å². The predicted octanol–water partition coefficient (Wildman–Crippen LogP) is 3.47. The Morgan fingerprint density at radius 3 is 2.52 bits per heavy atom. The van der Waals surface area contributed by atoms with Gasteiger partial charge in [-0.15, -0.1) is 6.58 Å². The molecule has 7 nitrogen and oxygen atoms in total. The van der Waals surface area contributed by atoms with Gasteiger partial charge in [0.25, 0.3) is 0 Å². The van der Waals surface area contributed by atoms with Crippen LogP contribution in [0.3, 0.4) is 0 Å². The van der Waals surface area contributed by atoms with E-state index in [0.29, 0.717) is 22.7 Å². The summed E-state index contributed by atoms with van der Waals surface area (Å²) in [6.07, 6.45) is 1.57. The van der Waals surface area contributed by atoms with Crippen molar-refractivity contribution in [2.24, 2.45) is 5.73 Å². The highest BCUT2D eigenvalue weighted by atomic mass is 35.5. The number of benzene rings is 1. The van der Waals surface area contributed by atoms with E-state index in [1.807, 2.05) is 18.4 Å². The van der Waals surface area contributed by atoms with Crippen molar-refractivity contribution in [3.8, 4) is 0 Å². The average molecular weight is 418 g/mol. The number of urea groups is 1. The van der Waals surface area contributed by atoms with Crippen molar-refractivity contribution < 1.29 is 19.1 Å². The van der Waals surface area contributed by atoms with E-state index >= 15 is 0 Å². The number of allylic oxidation sites excluding steroid dienone is 1. The van der Waals surface area contributed by atoms with Crippen LogP contribution in [0.25, 0.3) is 0 Å². The molecule has 3 N–H and O–H groups in total. The van der Waals surface area contributed by atoms with Crippen molar-refractivity contribution in [1.82, 2.24) is 9.88 Å². The number of carbonyl (C=O) groups is 3. The first-order valence-corrected chi connectivity index (χ1v) is 9.38. The van der Waals surface area contributed by atoms with Crippen molar-refractivity contribution in [2.75, 3.05) is 6.61 Å². The molecule has 0 saturated carbocycles. The van der Waals surface area contributed by atoms with Gasteiger partial charge in [0, 0.05) is 28.5 Å². The average Bonchev–Trinajstić information content (AvgIpc) is 2.94. The summed E-state index contributed by atoms with van der Waals surface area (Å²) in [5.41, 5.74) is 8.06. The molecule has 8 heteroatoms. The Balaban J connectivity index is 2.02. The summed E-state index contributed by atoms with van der Waals surface area (Å²) >= 11 is 5.87. The van der Waals surface area contributed by atoms with Crippen molar-refractivity contribution in [2.45, 2.75) is 32.9 Å². The van der Waals surface area contributed by atoms with Crippen LogP contribution in [-0.2, 0) is 16.1 Å². The highest BCUT2D eigenvalue weighted by Crippen LogP contribution is 2.20. The van der Waals surface area contributed by atoms with E-state index in [4.69, 9.17) is 22.1 Å². The van der Waals surface area contributed by atoms with E-state index in [1.165, 1.54) is 0 Å². The number of primary amides is 1. The number of esters is 1. The topological polar surface area (TPSA) is 103 Å². The number of nitrogens with one attached hydrogen (secondary N) is 1. The van der Waals surface area contributed by atoms with E-state index in [2.05, 4.69) is 11.9 Å². The minimum absolute atomic E-state index is 0.173. The summed E-state index contributed by atoms with van der Waals surface area (Å²) in [5, 5.41) is 3.02. The third kappa shape index (κ3) is 5.96. The molecule has 0 aliphatic carbocycles. The van der Waals surface area contributed by atoms with Crippen LogP contribution in [0.2, 0.25) is 5.02 Å². The van der Waals surface area contributed by atoms with Gasteiger partial charge in [-0.2, -0.15) is 0 Å². The maximum atomic E-state index is 12.5. The Kier molecular flexibility index (Phi) is 7.61. The molecular formula is C21H24ClN3O4. The number of hydrogen-bond donors (Lipinski definition) is 2. The number of amides is 2. The molecule has 1 aromatic heterocycles. The number of halogens is 1. The molecule has 2 amide bonds. The number of rotatable bonds is 9. The van der Waals surface area contributed by atoms with E-state index in [1.54, 1.807) is 36.4 Å². The van der Waals surface area contributed by atoms with Crippen molar-refractivity contribution in [1.29, 1.82) is 0 Å². The lowest BCUT2D eigenvalue weighted by atomic mass is 10.0. The molecule has 0 spiro atoms. The molecule has 0 radical (unpaired) electrons. The number of nitrogens with zero attached hydrogens (tertiary/aromatic N) is 1. The van der Waals surface area contributed by atoms with E-state index in [0.717, 1.165) is 11.4 Å². The first kappa shape index (κ1) is 22.2. The quantitative estimate of drug-likeness (QED) is 0.370. The molecule has 1 atom stereocenters. The van der Waals surface area contributed by atoms with Gasteiger partial charge in [-0.05, 0) is 37.6 Å². The fourth-order valence-electron chi connectivity index (χ4n) is 3.06. The molecule has 0 aliphatic heterocycles. The van der Waals surface area contributed by atoms with Gasteiger partial charge in [0.2, 0.25) is 5.78 Å². The first-order chi connectivity index (χ1) is 13.7. The number of ether oxygens (including phenoxy) is 1. The molecule has 0 fully saturated rings. The minimum Gasteiger partial charge on any atom is -0.457 e. The van der Waals surface area contributed by atoms with Gasteiger partial charge in [0.15, 0.2) is 6.61 Å². The summed E-state index contributed by atoms with van der Waals surface area (Å²) in [6.45, 7) is 7.64. The molecule has 2 aromatic rings. The number of aromatic nitrogens is 1. The van der Waals surface area contributed by atoms with Gasteiger partial charge in [0.05, 0.1) is 12.5 Å². The Morgan fingerprint density at radius 1 is 1.28 bits per heavy atom. The number of Topliss-reactive ketones (excluding diaryl/α,β-unsaturated/α-hetero) is 1. The van der Waals surface area contributed by atoms with Crippen LogP contribution in [0.1, 0.15) is 39.8 Å². The highest BCUT2D eigenvalue weighted by Gasteiger charge is 2.21. The Morgan fingerprint density at radius 2 is 1.93 bits per heavy atom. The lowest BCUT2D eigenvalue weighted by Crippen LogP contribution is -2.34. The van der Waals surface area contributed by atoms with Gasteiger partial charge in [-0.3, -0.25) is 9.59 Å². The molecule has 154 valence electrons. The molecule has 2 rings (SSSR count). The summed E-state index contributed by atoms with van der Waals surface area (Å²) < 4.78 is 7.10. The number of nitrogens with two attached hydrogens (primary N) is 1. The van der Waals surface area contributed by atoms with Crippen molar-refractivity contribution in [3.63, 3.8) is 0 Å². The largest absolute Gasteiger partial charge is 0.457 e. The maximum absolute atomic E-state index is 12.5. The van der Waals surface area contributed by atoms with Gasteiger partial charge in [-0.25, -0.2) is 4.79 Å². The summed E-state index contributed by atoms with van der Waals surface area (Å²) in [4.78, 5) is 36.0. The number of carbonyl (C=O) groups excluding carboxylic acids is 3. The zero-order valence-corrected chi connectivity index (χ0v) is 17.2. The minimum atomic E-state index is -0.775. The molecular weight excluding hydrogens is 394 g/mol. The van der Waals surface area contributed by atoms with E-state index in [-0.39, 0.29) is 18.8 Å². The van der Waals surface area contributed by atoms with Crippen LogP contribution < -0.4 is 11.1 Å². The first-order valence-electron chi connectivity index (χ1n) is 9.00. The lowest BCUT2D eigenvalue weighted by Gasteiger charge is -2.17. The molecule has 0 aliphatic rings. The highest BCUT2D eigenvalue weighted by molar-refractivity contribution is 6.30. The number of aryl methyl sites for hydroxylation is 1. The SMILES string of the molecule is C=CCn1c(C)cc(C(=O)COC(=O)C[C@@H](NC(N)=O)c2ccc(Cl)cc2)c1C. The zero-order chi connectivity index (χ0) is 21.6.